The van der Waals surface area contributed by atoms with E-state index in [0.717, 1.165) is 35.1 Å². The fourth-order valence-corrected chi connectivity index (χ4v) is 4.50. The van der Waals surface area contributed by atoms with Gasteiger partial charge in [-0.1, -0.05) is 79.6 Å². The zero-order valence-electron chi connectivity index (χ0n) is 23.0. The van der Waals surface area contributed by atoms with E-state index in [2.05, 4.69) is 18.3 Å². The van der Waals surface area contributed by atoms with Gasteiger partial charge in [0.15, 0.2) is 11.5 Å². The molecule has 1 N–H and O–H groups in total. The van der Waals surface area contributed by atoms with Crippen LogP contribution in [0.4, 0.5) is 0 Å². The topological polar surface area (TPSA) is 67.9 Å². The fraction of sp³-hybridized carbons (Fsp3) is 0.375. The molecule has 6 nitrogen and oxygen atoms in total. The molecule has 0 saturated heterocycles. The Bertz CT molecular complexity index is 1180. The average molecular weight is 517 g/mol. The molecule has 0 saturated carbocycles. The molecule has 0 aliphatic carbocycles. The Morgan fingerprint density at radius 3 is 2.29 bits per heavy atom. The molecular formula is C32H40N2O4. The van der Waals surface area contributed by atoms with Crippen LogP contribution in [-0.4, -0.2) is 43.5 Å². The van der Waals surface area contributed by atoms with Crippen molar-refractivity contribution in [3.8, 4) is 11.5 Å². The minimum atomic E-state index is -0.618. The van der Waals surface area contributed by atoms with Crippen LogP contribution in [0.5, 0.6) is 11.5 Å². The molecule has 3 aromatic rings. The summed E-state index contributed by atoms with van der Waals surface area (Å²) in [5.41, 5.74) is 4.11. The smallest absolute Gasteiger partial charge is 0.243 e. The van der Waals surface area contributed by atoms with Gasteiger partial charge in [0.2, 0.25) is 11.8 Å². The van der Waals surface area contributed by atoms with Crippen molar-refractivity contribution >= 4 is 11.8 Å². The molecule has 0 unspecified atom stereocenters. The molecule has 0 fully saturated rings. The third kappa shape index (κ3) is 8.37. The minimum absolute atomic E-state index is 0.0622. The highest BCUT2D eigenvalue weighted by atomic mass is 16.5. The fourth-order valence-electron chi connectivity index (χ4n) is 4.50. The van der Waals surface area contributed by atoms with Gasteiger partial charge in [0.25, 0.3) is 0 Å². The zero-order valence-corrected chi connectivity index (χ0v) is 23.0. The van der Waals surface area contributed by atoms with Gasteiger partial charge >= 0.3 is 0 Å². The lowest BCUT2D eigenvalue weighted by Crippen LogP contribution is -2.50. The molecule has 202 valence electrons. The van der Waals surface area contributed by atoms with Crippen LogP contribution in [0.2, 0.25) is 0 Å². The molecule has 0 aromatic heterocycles. The SMILES string of the molecule is CCCCNC(=O)[C@H](Cc1ccccc1)N(Cc1cccc(C)c1)C(=O)CCc1ccc(OC)c(OC)c1. The summed E-state index contributed by atoms with van der Waals surface area (Å²) in [6.07, 6.45) is 3.14. The van der Waals surface area contributed by atoms with E-state index in [0.29, 0.717) is 37.4 Å². The van der Waals surface area contributed by atoms with Crippen LogP contribution in [0.25, 0.3) is 0 Å². The number of methoxy groups -OCH3 is 2. The summed E-state index contributed by atoms with van der Waals surface area (Å²) in [7, 11) is 3.20. The Hall–Kier alpha value is -3.80. The second-order valence-corrected chi connectivity index (χ2v) is 9.55. The van der Waals surface area contributed by atoms with E-state index in [1.54, 1.807) is 19.1 Å². The van der Waals surface area contributed by atoms with Crippen molar-refractivity contribution in [2.45, 2.75) is 58.5 Å². The number of amides is 2. The second-order valence-electron chi connectivity index (χ2n) is 9.55. The maximum atomic E-state index is 13.8. The van der Waals surface area contributed by atoms with Crippen LogP contribution in [-0.2, 0) is 29.0 Å². The summed E-state index contributed by atoms with van der Waals surface area (Å²) in [6, 6.07) is 23.1. The van der Waals surface area contributed by atoms with Gasteiger partial charge in [-0.2, -0.15) is 0 Å². The molecule has 0 radical (unpaired) electrons. The average Bonchev–Trinajstić information content (AvgIpc) is 2.94. The molecule has 2 amide bonds. The van der Waals surface area contributed by atoms with Crippen LogP contribution in [0, 0.1) is 6.92 Å². The molecule has 1 atom stereocenters. The highest BCUT2D eigenvalue weighted by Gasteiger charge is 2.30. The van der Waals surface area contributed by atoms with E-state index in [4.69, 9.17) is 9.47 Å². The Morgan fingerprint density at radius 2 is 1.61 bits per heavy atom. The van der Waals surface area contributed by atoms with E-state index < -0.39 is 6.04 Å². The first-order chi connectivity index (χ1) is 18.4. The van der Waals surface area contributed by atoms with Gasteiger partial charge in [0, 0.05) is 25.9 Å². The Balaban J connectivity index is 1.89. The molecule has 3 aromatic carbocycles. The van der Waals surface area contributed by atoms with Crippen LogP contribution in [0.3, 0.4) is 0 Å². The number of hydrogen-bond donors (Lipinski definition) is 1. The highest BCUT2D eigenvalue weighted by molar-refractivity contribution is 5.88. The molecule has 0 aliphatic rings. The molecule has 3 rings (SSSR count). The van der Waals surface area contributed by atoms with Gasteiger partial charge in [0.05, 0.1) is 14.2 Å². The predicted octanol–water partition coefficient (Wildman–Crippen LogP) is 5.50. The molecule has 0 spiro atoms. The Kier molecular flexibility index (Phi) is 11.2. The van der Waals surface area contributed by atoms with Crippen LogP contribution < -0.4 is 14.8 Å². The number of carbonyl (C=O) groups is 2. The van der Waals surface area contributed by atoms with Crippen molar-refractivity contribution in [1.82, 2.24) is 10.2 Å². The van der Waals surface area contributed by atoms with Gasteiger partial charge < -0.3 is 19.7 Å². The summed E-state index contributed by atoms with van der Waals surface area (Å²) >= 11 is 0. The summed E-state index contributed by atoms with van der Waals surface area (Å²) in [5.74, 6) is 1.10. The van der Waals surface area contributed by atoms with Crippen LogP contribution >= 0.6 is 0 Å². The lowest BCUT2D eigenvalue weighted by molar-refractivity contribution is -0.141. The quantitative estimate of drug-likeness (QED) is 0.287. The van der Waals surface area contributed by atoms with Crippen LogP contribution in [0.15, 0.2) is 72.8 Å². The summed E-state index contributed by atoms with van der Waals surface area (Å²) in [6.45, 7) is 5.09. The number of benzene rings is 3. The van der Waals surface area contributed by atoms with Crippen molar-refractivity contribution in [2.75, 3.05) is 20.8 Å². The normalized spacial score (nSPS) is 11.5. The third-order valence-electron chi connectivity index (χ3n) is 6.61. The van der Waals surface area contributed by atoms with E-state index in [1.165, 1.54) is 0 Å². The number of nitrogens with one attached hydrogen (secondary N) is 1. The Morgan fingerprint density at radius 1 is 0.868 bits per heavy atom. The van der Waals surface area contributed by atoms with Gasteiger partial charge in [-0.05, 0) is 48.6 Å². The monoisotopic (exact) mass is 516 g/mol. The number of aryl methyl sites for hydroxylation is 2. The summed E-state index contributed by atoms with van der Waals surface area (Å²) in [4.78, 5) is 29.1. The number of hydrogen-bond acceptors (Lipinski definition) is 4. The number of ether oxygens (including phenoxy) is 2. The van der Waals surface area contributed by atoms with Crippen molar-refractivity contribution < 1.29 is 19.1 Å². The number of rotatable bonds is 14. The molecule has 38 heavy (non-hydrogen) atoms. The minimum Gasteiger partial charge on any atom is -0.493 e. The summed E-state index contributed by atoms with van der Waals surface area (Å²) < 4.78 is 10.8. The van der Waals surface area contributed by atoms with E-state index in [-0.39, 0.29) is 18.2 Å². The molecular weight excluding hydrogens is 476 g/mol. The van der Waals surface area contributed by atoms with Crippen molar-refractivity contribution in [2.24, 2.45) is 0 Å². The van der Waals surface area contributed by atoms with E-state index in [9.17, 15) is 9.59 Å². The lowest BCUT2D eigenvalue weighted by Gasteiger charge is -2.32. The largest absolute Gasteiger partial charge is 0.493 e. The van der Waals surface area contributed by atoms with E-state index in [1.807, 2.05) is 73.7 Å². The van der Waals surface area contributed by atoms with Crippen molar-refractivity contribution in [3.63, 3.8) is 0 Å². The zero-order chi connectivity index (χ0) is 27.3. The first-order valence-electron chi connectivity index (χ1n) is 13.3. The Labute approximate surface area is 227 Å². The maximum Gasteiger partial charge on any atom is 0.243 e. The second kappa shape index (κ2) is 14.8. The number of unbranched alkanes of at least 4 members (excludes halogenated alkanes) is 1. The van der Waals surface area contributed by atoms with Crippen molar-refractivity contribution in [3.05, 3.63) is 95.1 Å². The third-order valence-corrected chi connectivity index (χ3v) is 6.61. The van der Waals surface area contributed by atoms with Gasteiger partial charge in [-0.3, -0.25) is 9.59 Å². The number of carbonyl (C=O) groups excluding carboxylic acids is 2. The van der Waals surface area contributed by atoms with Gasteiger partial charge in [-0.25, -0.2) is 0 Å². The molecule has 0 bridgehead atoms. The standard InChI is InChI=1S/C32H40N2O4/c1-5-6-19-33-32(36)28(21-25-12-8-7-9-13-25)34(23-27-14-10-11-24(2)20-27)31(35)18-16-26-15-17-29(37-3)30(22-26)38-4/h7-15,17,20,22,28H,5-6,16,18-19,21,23H2,1-4H3,(H,33,36)/t28-/m0/s1. The van der Waals surface area contributed by atoms with Crippen molar-refractivity contribution in [1.29, 1.82) is 0 Å². The number of nitrogens with zero attached hydrogens (tertiary/aromatic N) is 1. The van der Waals surface area contributed by atoms with Crippen LogP contribution in [0.1, 0.15) is 48.4 Å². The highest BCUT2D eigenvalue weighted by Crippen LogP contribution is 2.28. The predicted molar refractivity (Wildman–Crippen MR) is 151 cm³/mol. The first kappa shape index (κ1) is 28.8. The molecule has 0 heterocycles. The van der Waals surface area contributed by atoms with E-state index >= 15 is 0 Å². The van der Waals surface area contributed by atoms with Gasteiger partial charge in [-0.15, -0.1) is 0 Å². The molecule has 6 heteroatoms. The summed E-state index contributed by atoms with van der Waals surface area (Å²) in [5, 5.41) is 3.07. The lowest BCUT2D eigenvalue weighted by atomic mass is 10.0. The maximum absolute atomic E-state index is 13.8. The van der Waals surface area contributed by atoms with Gasteiger partial charge in [0.1, 0.15) is 6.04 Å². The first-order valence-corrected chi connectivity index (χ1v) is 13.3. The molecule has 0 aliphatic heterocycles.